The van der Waals surface area contributed by atoms with Gasteiger partial charge in [-0.15, -0.1) is 0 Å². The van der Waals surface area contributed by atoms with Gasteiger partial charge in [0.05, 0.1) is 0 Å². The van der Waals surface area contributed by atoms with Gasteiger partial charge < -0.3 is 14.2 Å². The fourth-order valence-corrected chi connectivity index (χ4v) is 7.25. The maximum Gasteiger partial charge on any atom is 0.306 e. The van der Waals surface area contributed by atoms with Gasteiger partial charge in [0.1, 0.15) is 13.2 Å². The van der Waals surface area contributed by atoms with E-state index < -0.39 is 6.10 Å². The molecule has 0 aliphatic rings. The molecular formula is C50H94O6. The normalized spacial score (nSPS) is 12.0. The molecule has 0 aliphatic carbocycles. The highest BCUT2D eigenvalue weighted by atomic mass is 16.6. The lowest BCUT2D eigenvalue weighted by Crippen LogP contribution is -2.30. The summed E-state index contributed by atoms with van der Waals surface area (Å²) in [6.45, 7) is 6.61. The second-order valence-electron chi connectivity index (χ2n) is 16.7. The van der Waals surface area contributed by atoms with Crippen LogP contribution in [0.4, 0.5) is 0 Å². The Balaban J connectivity index is 4.31. The highest BCUT2D eigenvalue weighted by molar-refractivity contribution is 5.71. The molecule has 0 aromatic carbocycles. The molecule has 0 rings (SSSR count). The Morgan fingerprint density at radius 1 is 0.339 bits per heavy atom. The van der Waals surface area contributed by atoms with Crippen molar-refractivity contribution in [2.45, 2.75) is 277 Å². The van der Waals surface area contributed by atoms with Crippen molar-refractivity contribution < 1.29 is 28.6 Å². The van der Waals surface area contributed by atoms with Gasteiger partial charge in [-0.25, -0.2) is 0 Å². The molecule has 0 aromatic rings. The van der Waals surface area contributed by atoms with Crippen molar-refractivity contribution in [2.75, 3.05) is 13.2 Å². The lowest BCUT2D eigenvalue weighted by atomic mass is 10.0. The van der Waals surface area contributed by atoms with E-state index >= 15 is 0 Å². The first-order chi connectivity index (χ1) is 27.5. The van der Waals surface area contributed by atoms with Crippen LogP contribution in [-0.2, 0) is 28.6 Å². The van der Waals surface area contributed by atoms with Crippen molar-refractivity contribution in [3.05, 3.63) is 12.2 Å². The fourth-order valence-electron chi connectivity index (χ4n) is 7.25. The third-order valence-electron chi connectivity index (χ3n) is 11.0. The number of unbranched alkanes of at least 4 members (excludes halogenated alkanes) is 32. The van der Waals surface area contributed by atoms with Crippen LogP contribution < -0.4 is 0 Å². The molecule has 6 nitrogen and oxygen atoms in total. The summed E-state index contributed by atoms with van der Waals surface area (Å²) < 4.78 is 16.7. The molecule has 0 N–H and O–H groups in total. The maximum absolute atomic E-state index is 12.7. The van der Waals surface area contributed by atoms with Crippen molar-refractivity contribution in [3.8, 4) is 0 Å². The number of esters is 3. The second-order valence-corrected chi connectivity index (χ2v) is 16.7. The van der Waals surface area contributed by atoms with E-state index in [-0.39, 0.29) is 31.1 Å². The van der Waals surface area contributed by atoms with Crippen LogP contribution in [-0.4, -0.2) is 37.2 Å². The minimum absolute atomic E-state index is 0.0685. The van der Waals surface area contributed by atoms with Gasteiger partial charge >= 0.3 is 17.9 Å². The van der Waals surface area contributed by atoms with Gasteiger partial charge in [-0.3, -0.25) is 14.4 Å². The number of hydrogen-bond acceptors (Lipinski definition) is 6. The van der Waals surface area contributed by atoms with Gasteiger partial charge in [0, 0.05) is 19.3 Å². The fraction of sp³-hybridized carbons (Fsp3) is 0.900. The molecule has 56 heavy (non-hydrogen) atoms. The molecule has 0 aliphatic heterocycles. The Bertz CT molecular complexity index is 870. The van der Waals surface area contributed by atoms with E-state index in [0.29, 0.717) is 19.3 Å². The SMILES string of the molecule is CCCC/C=C\CCCCCCCC(=O)O[C@@H](COC(=O)CCCCCCCCCCCCCC)COC(=O)CCCCCCCCCCCCCCCCC. The number of carbonyl (C=O) groups excluding carboxylic acids is 3. The van der Waals surface area contributed by atoms with Gasteiger partial charge in [-0.1, -0.05) is 226 Å². The minimum atomic E-state index is -0.766. The number of carbonyl (C=O) groups is 3. The third kappa shape index (κ3) is 43.3. The molecule has 0 radical (unpaired) electrons. The van der Waals surface area contributed by atoms with E-state index in [1.54, 1.807) is 0 Å². The molecule has 0 saturated carbocycles. The van der Waals surface area contributed by atoms with Crippen molar-refractivity contribution in [1.29, 1.82) is 0 Å². The molecule has 0 saturated heterocycles. The van der Waals surface area contributed by atoms with Crippen LogP contribution >= 0.6 is 0 Å². The summed E-state index contributed by atoms with van der Waals surface area (Å²) in [4.78, 5) is 37.8. The van der Waals surface area contributed by atoms with E-state index in [4.69, 9.17) is 14.2 Å². The standard InChI is InChI=1S/C50H94O6/c1-4-7-10-13-16-19-22-24-25-26-29-31-34-37-40-43-49(52)55-46-47(56-50(53)44-41-38-35-32-27-21-18-15-12-9-6-3)45-54-48(51)42-39-36-33-30-28-23-20-17-14-11-8-5-2/h15,18,47H,4-14,16-17,19-46H2,1-3H3/b18-15-/t47-/m0/s1. The largest absolute Gasteiger partial charge is 0.462 e. The molecule has 0 amide bonds. The Morgan fingerprint density at radius 3 is 0.946 bits per heavy atom. The van der Waals surface area contributed by atoms with Crippen LogP contribution in [0.3, 0.4) is 0 Å². The first-order valence-corrected chi connectivity index (χ1v) is 24.7. The molecule has 6 heteroatoms. The van der Waals surface area contributed by atoms with Gasteiger partial charge in [-0.05, 0) is 38.5 Å². The number of allylic oxidation sites excluding steroid dienone is 2. The molecule has 0 unspecified atom stereocenters. The summed E-state index contributed by atoms with van der Waals surface area (Å²) in [5.74, 6) is -0.865. The highest BCUT2D eigenvalue weighted by Crippen LogP contribution is 2.16. The van der Waals surface area contributed by atoms with Gasteiger partial charge in [0.2, 0.25) is 0 Å². The average molecular weight is 791 g/mol. The summed E-state index contributed by atoms with van der Waals surface area (Å²) in [6, 6.07) is 0. The number of rotatable bonds is 45. The van der Waals surface area contributed by atoms with Crippen LogP contribution in [0.25, 0.3) is 0 Å². The van der Waals surface area contributed by atoms with Crippen molar-refractivity contribution in [1.82, 2.24) is 0 Å². The zero-order chi connectivity index (χ0) is 40.8. The van der Waals surface area contributed by atoms with Crippen LogP contribution in [0.5, 0.6) is 0 Å². The summed E-state index contributed by atoms with van der Waals surface area (Å²) in [5.41, 5.74) is 0. The van der Waals surface area contributed by atoms with Crippen molar-refractivity contribution >= 4 is 17.9 Å². The van der Waals surface area contributed by atoms with E-state index in [1.807, 2.05) is 0 Å². The smallest absolute Gasteiger partial charge is 0.306 e. The minimum Gasteiger partial charge on any atom is -0.462 e. The Hall–Kier alpha value is -1.85. The quantitative estimate of drug-likeness (QED) is 0.0264. The molecule has 1 atom stereocenters. The van der Waals surface area contributed by atoms with Crippen molar-refractivity contribution in [3.63, 3.8) is 0 Å². The van der Waals surface area contributed by atoms with Crippen LogP contribution in [0, 0.1) is 0 Å². The Labute approximate surface area is 348 Å². The average Bonchev–Trinajstić information content (AvgIpc) is 3.19. The van der Waals surface area contributed by atoms with Gasteiger partial charge in [0.25, 0.3) is 0 Å². The van der Waals surface area contributed by atoms with Crippen molar-refractivity contribution in [2.24, 2.45) is 0 Å². The first kappa shape index (κ1) is 54.2. The summed E-state index contributed by atoms with van der Waals surface area (Å²) in [6.07, 6.45) is 49.0. The van der Waals surface area contributed by atoms with E-state index in [9.17, 15) is 14.4 Å². The molecule has 0 fully saturated rings. The summed E-state index contributed by atoms with van der Waals surface area (Å²) >= 11 is 0. The highest BCUT2D eigenvalue weighted by Gasteiger charge is 2.19. The molecule has 330 valence electrons. The zero-order valence-electron chi connectivity index (χ0n) is 37.7. The molecule has 0 aromatic heterocycles. The monoisotopic (exact) mass is 791 g/mol. The third-order valence-corrected chi connectivity index (χ3v) is 11.0. The Kier molecular flexibility index (Phi) is 44.3. The molecular weight excluding hydrogens is 697 g/mol. The first-order valence-electron chi connectivity index (χ1n) is 24.7. The van der Waals surface area contributed by atoms with E-state index in [1.165, 1.54) is 167 Å². The van der Waals surface area contributed by atoms with E-state index in [0.717, 1.165) is 64.2 Å². The number of hydrogen-bond donors (Lipinski definition) is 0. The lowest BCUT2D eigenvalue weighted by Gasteiger charge is -2.18. The van der Waals surface area contributed by atoms with E-state index in [2.05, 4.69) is 32.9 Å². The topological polar surface area (TPSA) is 78.9 Å². The van der Waals surface area contributed by atoms with Crippen LogP contribution in [0.15, 0.2) is 12.2 Å². The van der Waals surface area contributed by atoms with Gasteiger partial charge in [0.15, 0.2) is 6.10 Å². The van der Waals surface area contributed by atoms with Crippen LogP contribution in [0.1, 0.15) is 271 Å². The maximum atomic E-state index is 12.7. The molecule has 0 bridgehead atoms. The summed E-state index contributed by atoms with van der Waals surface area (Å²) in [7, 11) is 0. The predicted octanol–water partition coefficient (Wildman–Crippen LogP) is 15.8. The second kappa shape index (κ2) is 45.8. The predicted molar refractivity (Wildman–Crippen MR) is 238 cm³/mol. The van der Waals surface area contributed by atoms with Crippen LogP contribution in [0.2, 0.25) is 0 Å². The zero-order valence-corrected chi connectivity index (χ0v) is 37.7. The summed E-state index contributed by atoms with van der Waals surface area (Å²) in [5, 5.41) is 0. The lowest BCUT2D eigenvalue weighted by molar-refractivity contribution is -0.167. The Morgan fingerprint density at radius 2 is 0.607 bits per heavy atom. The van der Waals surface area contributed by atoms with Gasteiger partial charge in [-0.2, -0.15) is 0 Å². The molecule has 0 spiro atoms. The molecule has 0 heterocycles. The number of ether oxygens (including phenoxy) is 3.